The van der Waals surface area contributed by atoms with Crippen molar-refractivity contribution in [1.82, 2.24) is 0 Å². The van der Waals surface area contributed by atoms with E-state index in [1.54, 1.807) is 0 Å². The third-order valence-electron chi connectivity index (χ3n) is 4.58. The van der Waals surface area contributed by atoms with E-state index in [1.165, 1.54) is 11.1 Å². The van der Waals surface area contributed by atoms with Gasteiger partial charge in [-0.15, -0.1) is 0 Å². The van der Waals surface area contributed by atoms with Crippen LogP contribution in [0.1, 0.15) is 58.1 Å². The summed E-state index contributed by atoms with van der Waals surface area (Å²) >= 11 is 0. The average molecular weight is 371 g/mol. The molecule has 1 N–H and O–H groups in total. The molecule has 0 spiro atoms. The molecule has 0 saturated heterocycles. The third kappa shape index (κ3) is 7.64. The fraction of sp³-hybridized carbons (Fsp3) is 0.500. The lowest BCUT2D eigenvalue weighted by Crippen LogP contribution is -2.25. The molecule has 27 heavy (non-hydrogen) atoms. The van der Waals surface area contributed by atoms with Gasteiger partial charge < -0.3 is 14.6 Å². The Bertz CT molecular complexity index is 668. The molecule has 0 aromatic heterocycles. The second-order valence-corrected chi connectivity index (χ2v) is 8.51. The molecule has 0 aliphatic heterocycles. The van der Waals surface area contributed by atoms with E-state index >= 15 is 0 Å². The number of aliphatic hydroxyl groups is 1. The highest BCUT2D eigenvalue weighted by Gasteiger charge is 2.16. The van der Waals surface area contributed by atoms with Gasteiger partial charge in [-0.05, 0) is 59.6 Å². The SMILES string of the molecule is CCc1ccc(OCC(O)COc2ccc(C(C)CC(C)(C)C)cc2)cc1. The second-order valence-electron chi connectivity index (χ2n) is 8.51. The van der Waals surface area contributed by atoms with Gasteiger partial charge in [-0.1, -0.05) is 58.9 Å². The first-order valence-corrected chi connectivity index (χ1v) is 9.89. The van der Waals surface area contributed by atoms with Gasteiger partial charge in [0, 0.05) is 0 Å². The molecule has 3 nitrogen and oxygen atoms in total. The lowest BCUT2D eigenvalue weighted by Gasteiger charge is -2.23. The summed E-state index contributed by atoms with van der Waals surface area (Å²) in [5.74, 6) is 2.05. The van der Waals surface area contributed by atoms with E-state index in [4.69, 9.17) is 9.47 Å². The zero-order chi connectivity index (χ0) is 19.9. The van der Waals surface area contributed by atoms with Crippen molar-refractivity contribution >= 4 is 0 Å². The molecule has 0 fully saturated rings. The zero-order valence-electron chi connectivity index (χ0n) is 17.4. The van der Waals surface area contributed by atoms with Gasteiger partial charge in [0.1, 0.15) is 30.8 Å². The molecular weight excluding hydrogens is 336 g/mol. The predicted molar refractivity (Wildman–Crippen MR) is 112 cm³/mol. The summed E-state index contributed by atoms with van der Waals surface area (Å²) in [4.78, 5) is 0. The van der Waals surface area contributed by atoms with Gasteiger partial charge in [-0.3, -0.25) is 0 Å². The van der Waals surface area contributed by atoms with Gasteiger partial charge in [0.05, 0.1) is 0 Å². The first-order valence-electron chi connectivity index (χ1n) is 9.89. The van der Waals surface area contributed by atoms with Crippen LogP contribution in [0, 0.1) is 5.41 Å². The molecule has 0 aliphatic carbocycles. The minimum atomic E-state index is -0.671. The van der Waals surface area contributed by atoms with E-state index < -0.39 is 6.10 Å². The molecule has 2 rings (SSSR count). The first kappa shape index (κ1) is 21.3. The Morgan fingerprint density at radius 2 is 1.33 bits per heavy atom. The topological polar surface area (TPSA) is 38.7 Å². The summed E-state index contributed by atoms with van der Waals surface area (Å²) in [7, 11) is 0. The lowest BCUT2D eigenvalue weighted by atomic mass is 9.82. The van der Waals surface area contributed by atoms with Crippen molar-refractivity contribution < 1.29 is 14.6 Å². The highest BCUT2D eigenvalue weighted by molar-refractivity contribution is 5.29. The molecule has 2 aromatic carbocycles. The van der Waals surface area contributed by atoms with Crippen LogP contribution in [0.3, 0.4) is 0 Å². The van der Waals surface area contributed by atoms with Crippen molar-refractivity contribution in [2.45, 2.75) is 59.5 Å². The number of hydrogen-bond donors (Lipinski definition) is 1. The normalized spacial score (nSPS) is 13.9. The number of aryl methyl sites for hydroxylation is 1. The van der Waals surface area contributed by atoms with Crippen molar-refractivity contribution in [3.8, 4) is 11.5 Å². The maximum atomic E-state index is 10.1. The van der Waals surface area contributed by atoms with Crippen molar-refractivity contribution in [1.29, 1.82) is 0 Å². The van der Waals surface area contributed by atoms with E-state index in [-0.39, 0.29) is 13.2 Å². The smallest absolute Gasteiger partial charge is 0.122 e. The van der Waals surface area contributed by atoms with Crippen molar-refractivity contribution in [2.75, 3.05) is 13.2 Å². The van der Waals surface area contributed by atoms with Gasteiger partial charge in [0.2, 0.25) is 0 Å². The van der Waals surface area contributed by atoms with Gasteiger partial charge in [-0.25, -0.2) is 0 Å². The molecule has 3 heteroatoms. The van der Waals surface area contributed by atoms with Crippen LogP contribution in [0.25, 0.3) is 0 Å². The summed E-state index contributed by atoms with van der Waals surface area (Å²) in [5, 5.41) is 10.1. The summed E-state index contributed by atoms with van der Waals surface area (Å²) < 4.78 is 11.3. The van der Waals surface area contributed by atoms with Crippen LogP contribution >= 0.6 is 0 Å². The zero-order valence-corrected chi connectivity index (χ0v) is 17.4. The monoisotopic (exact) mass is 370 g/mol. The van der Waals surface area contributed by atoms with Crippen LogP contribution in [0.15, 0.2) is 48.5 Å². The van der Waals surface area contributed by atoms with E-state index in [0.717, 1.165) is 24.3 Å². The molecule has 148 valence electrons. The minimum absolute atomic E-state index is 0.212. The second kappa shape index (κ2) is 9.80. The molecule has 0 amide bonds. The lowest BCUT2D eigenvalue weighted by molar-refractivity contribution is 0.0626. The maximum absolute atomic E-state index is 10.1. The molecule has 0 saturated carbocycles. The van der Waals surface area contributed by atoms with Gasteiger partial charge >= 0.3 is 0 Å². The van der Waals surface area contributed by atoms with Gasteiger partial charge in [-0.2, -0.15) is 0 Å². The standard InChI is InChI=1S/C24H34O3/c1-6-19-7-11-22(12-8-19)26-16-21(25)17-27-23-13-9-20(10-14-23)18(2)15-24(3,4)5/h7-14,18,21,25H,6,15-17H2,1-5H3. The Kier molecular flexibility index (Phi) is 7.73. The van der Waals surface area contributed by atoms with Gasteiger partial charge in [0.15, 0.2) is 0 Å². The van der Waals surface area contributed by atoms with Crippen molar-refractivity contribution in [3.05, 3.63) is 59.7 Å². The summed E-state index contributed by atoms with van der Waals surface area (Å²) in [6, 6.07) is 16.1. The molecule has 0 heterocycles. The number of benzene rings is 2. The third-order valence-corrected chi connectivity index (χ3v) is 4.58. The molecular formula is C24H34O3. The highest BCUT2D eigenvalue weighted by Crippen LogP contribution is 2.31. The number of aliphatic hydroxyl groups excluding tert-OH is 1. The summed E-state index contributed by atoms with van der Waals surface area (Å²) in [5.41, 5.74) is 2.90. The molecule has 0 bridgehead atoms. The van der Waals surface area contributed by atoms with E-state index in [1.807, 2.05) is 36.4 Å². The van der Waals surface area contributed by atoms with Crippen LogP contribution in [-0.2, 0) is 6.42 Å². The fourth-order valence-electron chi connectivity index (χ4n) is 3.18. The largest absolute Gasteiger partial charge is 0.491 e. The van der Waals surface area contributed by atoms with Crippen LogP contribution < -0.4 is 9.47 Å². The molecule has 0 radical (unpaired) electrons. The molecule has 2 unspecified atom stereocenters. The first-order chi connectivity index (χ1) is 12.8. The Morgan fingerprint density at radius 1 is 0.852 bits per heavy atom. The number of ether oxygens (including phenoxy) is 2. The highest BCUT2D eigenvalue weighted by atomic mass is 16.5. The van der Waals surface area contributed by atoms with Crippen LogP contribution in [0.4, 0.5) is 0 Å². The quantitative estimate of drug-likeness (QED) is 0.624. The Labute approximate surface area is 164 Å². The maximum Gasteiger partial charge on any atom is 0.122 e. The van der Waals surface area contributed by atoms with Crippen LogP contribution in [0.2, 0.25) is 0 Å². The van der Waals surface area contributed by atoms with E-state index in [0.29, 0.717) is 11.3 Å². The van der Waals surface area contributed by atoms with Gasteiger partial charge in [0.25, 0.3) is 0 Å². The minimum Gasteiger partial charge on any atom is -0.491 e. The fourth-order valence-corrected chi connectivity index (χ4v) is 3.18. The summed E-state index contributed by atoms with van der Waals surface area (Å²) in [6.07, 6.45) is 1.47. The predicted octanol–water partition coefficient (Wildman–Crippen LogP) is 5.61. The van der Waals surface area contributed by atoms with E-state index in [2.05, 4.69) is 46.8 Å². The van der Waals surface area contributed by atoms with Crippen molar-refractivity contribution in [3.63, 3.8) is 0 Å². The molecule has 2 atom stereocenters. The molecule has 0 aliphatic rings. The summed E-state index contributed by atoms with van der Waals surface area (Å²) in [6.45, 7) is 11.6. The number of rotatable bonds is 9. The number of hydrogen-bond acceptors (Lipinski definition) is 3. The van der Waals surface area contributed by atoms with Crippen molar-refractivity contribution in [2.24, 2.45) is 5.41 Å². The van der Waals surface area contributed by atoms with E-state index in [9.17, 15) is 5.11 Å². The van der Waals surface area contributed by atoms with Crippen LogP contribution in [0.5, 0.6) is 11.5 Å². The van der Waals surface area contributed by atoms with Crippen LogP contribution in [-0.4, -0.2) is 24.4 Å². The Morgan fingerprint density at radius 3 is 1.78 bits per heavy atom. The molecule has 2 aromatic rings. The Balaban J connectivity index is 1.76. The Hall–Kier alpha value is -2.00. The average Bonchev–Trinajstić information content (AvgIpc) is 2.64.